The molecular weight excluding hydrogens is 288 g/mol. The number of aryl methyl sites for hydroxylation is 4. The molecule has 0 radical (unpaired) electrons. The van der Waals surface area contributed by atoms with Crippen LogP contribution in [0.1, 0.15) is 39.5 Å². The molecule has 2 amide bonds. The number of amides is 2. The first kappa shape index (κ1) is 16.7. The molecule has 0 aliphatic heterocycles. The monoisotopic (exact) mass is 310 g/mol. The van der Waals surface area contributed by atoms with E-state index >= 15 is 0 Å². The first-order valence-electron chi connectivity index (χ1n) is 7.56. The van der Waals surface area contributed by atoms with Crippen molar-refractivity contribution in [1.82, 2.24) is 5.43 Å². The molecule has 0 bridgehead atoms. The maximum Gasteiger partial charge on any atom is 0.277 e. The Kier molecular flexibility index (Phi) is 4.84. The highest BCUT2D eigenvalue weighted by Gasteiger charge is 2.22. The summed E-state index contributed by atoms with van der Waals surface area (Å²) >= 11 is 0. The Hall–Kier alpha value is -2.62. The molecule has 23 heavy (non-hydrogen) atoms. The first-order valence-corrected chi connectivity index (χ1v) is 7.56. The third-order valence-corrected chi connectivity index (χ3v) is 3.63. The molecule has 4 heteroatoms. The van der Waals surface area contributed by atoms with Crippen molar-refractivity contribution in [2.75, 3.05) is 5.01 Å². The van der Waals surface area contributed by atoms with Crippen LogP contribution in [0.5, 0.6) is 0 Å². The SMILES string of the molecule is CC(=O)NN(C(=O)c1ccc(C)cc1)c1c(C)cc(C)cc1C. The number of anilines is 1. The van der Waals surface area contributed by atoms with Crippen molar-refractivity contribution in [2.24, 2.45) is 0 Å². The molecule has 0 spiro atoms. The Labute approximate surface area is 137 Å². The normalized spacial score (nSPS) is 10.3. The van der Waals surface area contributed by atoms with Crippen molar-refractivity contribution in [3.8, 4) is 0 Å². The minimum absolute atomic E-state index is 0.254. The van der Waals surface area contributed by atoms with Gasteiger partial charge in [-0.1, -0.05) is 35.4 Å². The maximum atomic E-state index is 12.9. The van der Waals surface area contributed by atoms with E-state index in [1.54, 1.807) is 12.1 Å². The first-order chi connectivity index (χ1) is 10.8. The molecule has 0 saturated carbocycles. The van der Waals surface area contributed by atoms with E-state index in [-0.39, 0.29) is 11.8 Å². The average molecular weight is 310 g/mol. The van der Waals surface area contributed by atoms with Crippen molar-refractivity contribution >= 4 is 17.5 Å². The van der Waals surface area contributed by atoms with Crippen LogP contribution in [0.2, 0.25) is 0 Å². The van der Waals surface area contributed by atoms with E-state index < -0.39 is 0 Å². The van der Waals surface area contributed by atoms with Crippen molar-refractivity contribution in [2.45, 2.75) is 34.6 Å². The van der Waals surface area contributed by atoms with E-state index in [2.05, 4.69) is 5.43 Å². The van der Waals surface area contributed by atoms with E-state index in [4.69, 9.17) is 0 Å². The fourth-order valence-corrected chi connectivity index (χ4v) is 2.72. The summed E-state index contributed by atoms with van der Waals surface area (Å²) in [5, 5.41) is 1.34. The van der Waals surface area contributed by atoms with Gasteiger partial charge < -0.3 is 0 Å². The lowest BCUT2D eigenvalue weighted by Crippen LogP contribution is -2.46. The van der Waals surface area contributed by atoms with Gasteiger partial charge in [0.05, 0.1) is 5.69 Å². The fourth-order valence-electron chi connectivity index (χ4n) is 2.72. The smallest absolute Gasteiger partial charge is 0.274 e. The van der Waals surface area contributed by atoms with Crippen molar-refractivity contribution < 1.29 is 9.59 Å². The van der Waals surface area contributed by atoms with E-state index in [9.17, 15) is 9.59 Å². The van der Waals surface area contributed by atoms with Crippen molar-refractivity contribution in [3.63, 3.8) is 0 Å². The number of benzene rings is 2. The van der Waals surface area contributed by atoms with Crippen LogP contribution in [-0.4, -0.2) is 11.8 Å². The molecule has 2 rings (SSSR count). The molecule has 0 aromatic heterocycles. The quantitative estimate of drug-likeness (QED) is 0.861. The molecule has 0 fully saturated rings. The van der Waals surface area contributed by atoms with Gasteiger partial charge in [-0.3, -0.25) is 15.0 Å². The lowest BCUT2D eigenvalue weighted by molar-refractivity contribution is -0.119. The van der Waals surface area contributed by atoms with Crippen LogP contribution < -0.4 is 10.4 Å². The average Bonchev–Trinajstić information content (AvgIpc) is 2.45. The van der Waals surface area contributed by atoms with Gasteiger partial charge in [-0.25, -0.2) is 5.01 Å². The molecular formula is C19H22N2O2. The lowest BCUT2D eigenvalue weighted by Gasteiger charge is -2.26. The van der Waals surface area contributed by atoms with Crippen LogP contribution in [0, 0.1) is 27.7 Å². The van der Waals surface area contributed by atoms with E-state index in [1.165, 1.54) is 11.9 Å². The van der Waals surface area contributed by atoms with Gasteiger partial charge in [0.2, 0.25) is 5.91 Å². The van der Waals surface area contributed by atoms with Crippen LogP contribution in [0.3, 0.4) is 0 Å². The molecule has 0 aliphatic carbocycles. The number of hydrogen-bond acceptors (Lipinski definition) is 2. The van der Waals surface area contributed by atoms with Gasteiger partial charge in [-0.2, -0.15) is 0 Å². The number of hydrazine groups is 1. The van der Waals surface area contributed by atoms with Crippen LogP contribution in [0.4, 0.5) is 5.69 Å². The molecule has 0 unspecified atom stereocenters. The van der Waals surface area contributed by atoms with Gasteiger partial charge >= 0.3 is 0 Å². The molecule has 120 valence electrons. The number of carbonyl (C=O) groups is 2. The molecule has 0 saturated heterocycles. The van der Waals surface area contributed by atoms with Gasteiger partial charge in [0.15, 0.2) is 0 Å². The van der Waals surface area contributed by atoms with Crippen LogP contribution in [0.25, 0.3) is 0 Å². The summed E-state index contributed by atoms with van der Waals surface area (Å²) in [5.74, 6) is -0.542. The van der Waals surface area contributed by atoms with Crippen molar-refractivity contribution in [3.05, 3.63) is 64.2 Å². The van der Waals surface area contributed by atoms with E-state index in [0.29, 0.717) is 5.56 Å². The highest BCUT2D eigenvalue weighted by atomic mass is 16.2. The van der Waals surface area contributed by atoms with Gasteiger partial charge in [0, 0.05) is 12.5 Å². The standard InChI is InChI=1S/C19H22N2O2/c1-12-6-8-17(9-7-12)19(23)21(20-16(5)22)18-14(3)10-13(2)11-15(18)4/h6-11H,1-5H3,(H,20,22). The number of rotatable bonds is 2. The topological polar surface area (TPSA) is 49.4 Å². The van der Waals surface area contributed by atoms with E-state index in [0.717, 1.165) is 27.9 Å². The maximum absolute atomic E-state index is 12.9. The van der Waals surface area contributed by atoms with E-state index in [1.807, 2.05) is 52.0 Å². The second-order valence-electron chi connectivity index (χ2n) is 5.92. The summed E-state index contributed by atoms with van der Waals surface area (Å²) < 4.78 is 0. The Morgan fingerprint density at radius 1 is 0.870 bits per heavy atom. The fraction of sp³-hybridized carbons (Fsp3) is 0.263. The Morgan fingerprint density at radius 2 is 1.39 bits per heavy atom. The summed E-state index contributed by atoms with van der Waals surface area (Å²) in [6.45, 7) is 9.25. The van der Waals surface area contributed by atoms with Crippen molar-refractivity contribution in [1.29, 1.82) is 0 Å². The number of hydrogen-bond donors (Lipinski definition) is 1. The summed E-state index contributed by atoms with van der Waals surface area (Å²) in [5.41, 5.74) is 7.99. The molecule has 1 N–H and O–H groups in total. The zero-order valence-electron chi connectivity index (χ0n) is 14.2. The summed E-state index contributed by atoms with van der Waals surface area (Å²) in [6.07, 6.45) is 0. The summed E-state index contributed by atoms with van der Waals surface area (Å²) in [6, 6.07) is 11.3. The molecule has 0 heterocycles. The number of nitrogens with zero attached hydrogens (tertiary/aromatic N) is 1. The zero-order valence-corrected chi connectivity index (χ0v) is 14.2. The molecule has 0 aliphatic rings. The molecule has 2 aromatic carbocycles. The van der Waals surface area contributed by atoms with Gasteiger partial charge in [-0.15, -0.1) is 0 Å². The van der Waals surface area contributed by atoms with Gasteiger partial charge in [0.25, 0.3) is 5.91 Å². The second kappa shape index (κ2) is 6.65. The zero-order chi connectivity index (χ0) is 17.1. The minimum Gasteiger partial charge on any atom is -0.274 e. The van der Waals surface area contributed by atoms with Gasteiger partial charge in [-0.05, 0) is 51.0 Å². The highest BCUT2D eigenvalue weighted by molar-refractivity contribution is 6.08. The summed E-state index contributed by atoms with van der Waals surface area (Å²) in [4.78, 5) is 24.5. The summed E-state index contributed by atoms with van der Waals surface area (Å²) in [7, 11) is 0. The Morgan fingerprint density at radius 3 is 1.87 bits per heavy atom. The number of carbonyl (C=O) groups excluding carboxylic acids is 2. The molecule has 0 atom stereocenters. The Balaban J connectivity index is 2.51. The largest absolute Gasteiger partial charge is 0.277 e. The van der Waals surface area contributed by atoms with Crippen LogP contribution in [-0.2, 0) is 4.79 Å². The third-order valence-electron chi connectivity index (χ3n) is 3.63. The highest BCUT2D eigenvalue weighted by Crippen LogP contribution is 2.26. The van der Waals surface area contributed by atoms with Crippen LogP contribution >= 0.6 is 0 Å². The third kappa shape index (κ3) is 3.77. The Bertz CT molecular complexity index is 725. The molecule has 2 aromatic rings. The predicted molar refractivity (Wildman–Crippen MR) is 92.5 cm³/mol. The minimum atomic E-state index is -0.287. The van der Waals surface area contributed by atoms with Crippen LogP contribution in [0.15, 0.2) is 36.4 Å². The second-order valence-corrected chi connectivity index (χ2v) is 5.92. The predicted octanol–water partition coefficient (Wildman–Crippen LogP) is 3.62. The van der Waals surface area contributed by atoms with Gasteiger partial charge in [0.1, 0.15) is 0 Å². The number of nitrogens with one attached hydrogen (secondary N) is 1. The lowest BCUT2D eigenvalue weighted by atomic mass is 10.0. The molecule has 4 nitrogen and oxygen atoms in total.